The fourth-order valence-corrected chi connectivity index (χ4v) is 1.77. The normalized spacial score (nSPS) is 13.8. The maximum atomic E-state index is 6.14. The fraction of sp³-hybridized carbons (Fsp3) is 1.00. The van der Waals surface area contributed by atoms with Gasteiger partial charge in [-0.05, 0) is 20.5 Å². The summed E-state index contributed by atoms with van der Waals surface area (Å²) in [5.74, 6) is 0. The van der Waals surface area contributed by atoms with Crippen LogP contribution < -0.4 is 0 Å². The Morgan fingerprint density at radius 3 is 2.07 bits per heavy atom. The van der Waals surface area contributed by atoms with Crippen LogP contribution in [0.25, 0.3) is 0 Å². The molecule has 0 aliphatic heterocycles. The van der Waals surface area contributed by atoms with Gasteiger partial charge in [0.15, 0.2) is 4.46 Å². The van der Waals surface area contributed by atoms with Gasteiger partial charge in [0.1, 0.15) is 0 Å². The summed E-state index contributed by atoms with van der Waals surface area (Å²) < 4.78 is -0.951. The number of unbranched alkanes of at least 4 members (excludes halogenated alkanes) is 3. The molecule has 0 rings (SSSR count). The third-order valence-electron chi connectivity index (χ3n) is 2.28. The molecule has 0 saturated heterocycles. The first kappa shape index (κ1) is 18.3. The first-order chi connectivity index (χ1) is 6.42. The summed E-state index contributed by atoms with van der Waals surface area (Å²) in [7, 11) is 3.67. The summed E-state index contributed by atoms with van der Waals surface area (Å²) in [6.45, 7) is 2.19. The van der Waals surface area contributed by atoms with Crippen LogP contribution in [0, 0.1) is 0 Å². The molecule has 0 amide bonds. The molecule has 0 bridgehead atoms. The molecular weight excluding hydrogens is 251 g/mol. The van der Waals surface area contributed by atoms with E-state index < -0.39 is 4.46 Å². The van der Waals surface area contributed by atoms with E-state index in [1.807, 2.05) is 14.1 Å². The fourth-order valence-electron chi connectivity index (χ4n) is 1.20. The first-order valence-corrected chi connectivity index (χ1v) is 6.31. The van der Waals surface area contributed by atoms with Crippen LogP contribution in [0.15, 0.2) is 0 Å². The van der Waals surface area contributed by atoms with E-state index in [4.69, 9.17) is 34.8 Å². The number of rotatable bonds is 7. The zero-order valence-corrected chi connectivity index (χ0v) is 12.0. The van der Waals surface area contributed by atoms with Crippen molar-refractivity contribution < 1.29 is 0 Å². The average Bonchev–Trinajstić information content (AvgIpc) is 2.11. The lowest BCUT2D eigenvalue weighted by molar-refractivity contribution is 0.317. The second kappa shape index (κ2) is 8.98. The minimum absolute atomic E-state index is 0. The van der Waals surface area contributed by atoms with E-state index in [-0.39, 0.29) is 13.8 Å². The van der Waals surface area contributed by atoms with E-state index >= 15 is 0 Å². The van der Waals surface area contributed by atoms with Gasteiger partial charge in [-0.25, -0.2) is 0 Å². The van der Waals surface area contributed by atoms with Crippen molar-refractivity contribution in [1.29, 1.82) is 0 Å². The number of halogens is 3. The molecule has 15 heavy (non-hydrogen) atoms. The van der Waals surface area contributed by atoms with E-state index in [9.17, 15) is 0 Å². The van der Waals surface area contributed by atoms with Crippen LogP contribution in [0.1, 0.15) is 39.0 Å². The quantitative estimate of drug-likeness (QED) is 0.294. The lowest BCUT2D eigenvalue weighted by Gasteiger charge is -2.31. The van der Waals surface area contributed by atoms with Gasteiger partial charge in [0.05, 0.1) is 5.38 Å². The lowest BCUT2D eigenvalue weighted by atomic mass is 10.1. The topological polar surface area (TPSA) is 3.24 Å². The van der Waals surface area contributed by atoms with Crippen molar-refractivity contribution in [3.63, 3.8) is 0 Å². The van der Waals surface area contributed by atoms with Crippen LogP contribution in [0.5, 0.6) is 0 Å². The SMILES string of the molecule is CCCCCCC(Cl)C(Cl)(Cl)N(C)C.[B]. The van der Waals surface area contributed by atoms with Crippen molar-refractivity contribution in [2.45, 2.75) is 48.9 Å². The summed E-state index contributed by atoms with van der Waals surface area (Å²) in [5, 5.41) is -0.210. The molecule has 5 heteroatoms. The Labute approximate surface area is 111 Å². The van der Waals surface area contributed by atoms with Crippen molar-refractivity contribution >= 4 is 43.2 Å². The van der Waals surface area contributed by atoms with Crippen LogP contribution in [0.3, 0.4) is 0 Å². The maximum absolute atomic E-state index is 6.14. The predicted molar refractivity (Wildman–Crippen MR) is 72.3 cm³/mol. The largest absolute Gasteiger partial charge is 0.277 e. The average molecular weight is 271 g/mol. The van der Waals surface area contributed by atoms with E-state index in [0.29, 0.717) is 0 Å². The molecule has 0 heterocycles. The summed E-state index contributed by atoms with van der Waals surface area (Å²) in [4.78, 5) is 1.74. The molecule has 0 saturated carbocycles. The third kappa shape index (κ3) is 6.94. The zero-order valence-electron chi connectivity index (χ0n) is 9.77. The Morgan fingerprint density at radius 2 is 1.67 bits per heavy atom. The summed E-state index contributed by atoms with van der Waals surface area (Å²) in [5.41, 5.74) is 0. The standard InChI is InChI=1S/C10H20Cl3N.B/c1-4-5-6-7-8-9(11)10(12,13)14(2)3;/h9H,4-8H2,1-3H3;. The van der Waals surface area contributed by atoms with Crippen LogP contribution >= 0.6 is 34.8 Å². The Bertz CT molecular complexity index is 154. The third-order valence-corrected chi connectivity index (χ3v) is 4.24. The summed E-state index contributed by atoms with van der Waals surface area (Å²) in [6, 6.07) is 0. The molecule has 1 nitrogen and oxygen atoms in total. The molecule has 1 unspecified atom stereocenters. The smallest absolute Gasteiger partial charge is 0.187 e. The molecule has 0 aromatic heterocycles. The second-order valence-corrected chi connectivity index (χ2v) is 5.67. The van der Waals surface area contributed by atoms with Crippen molar-refractivity contribution in [3.05, 3.63) is 0 Å². The Morgan fingerprint density at radius 1 is 1.13 bits per heavy atom. The highest BCUT2D eigenvalue weighted by Gasteiger charge is 2.35. The molecule has 0 aliphatic carbocycles. The molecule has 0 aromatic carbocycles. The maximum Gasteiger partial charge on any atom is 0.187 e. The van der Waals surface area contributed by atoms with Crippen LogP contribution in [-0.2, 0) is 0 Å². The Balaban J connectivity index is 0. The van der Waals surface area contributed by atoms with Gasteiger partial charge in [0, 0.05) is 8.41 Å². The highest BCUT2D eigenvalue weighted by molar-refractivity contribution is 6.51. The minimum Gasteiger partial charge on any atom is -0.277 e. The molecule has 3 radical (unpaired) electrons. The van der Waals surface area contributed by atoms with Crippen molar-refractivity contribution in [2.24, 2.45) is 0 Å². The van der Waals surface area contributed by atoms with Gasteiger partial charge in [-0.15, -0.1) is 11.6 Å². The Kier molecular flexibility index (Phi) is 10.9. The van der Waals surface area contributed by atoms with E-state index in [1.54, 1.807) is 4.90 Å². The van der Waals surface area contributed by atoms with Gasteiger partial charge in [-0.3, -0.25) is 4.90 Å². The van der Waals surface area contributed by atoms with E-state index in [2.05, 4.69) is 6.92 Å². The van der Waals surface area contributed by atoms with Crippen molar-refractivity contribution in [1.82, 2.24) is 4.90 Å². The number of alkyl halides is 3. The van der Waals surface area contributed by atoms with Crippen LogP contribution in [-0.4, -0.2) is 37.2 Å². The summed E-state index contributed by atoms with van der Waals surface area (Å²) >= 11 is 18.3. The van der Waals surface area contributed by atoms with E-state index in [0.717, 1.165) is 12.8 Å². The number of nitrogens with zero attached hydrogens (tertiary/aromatic N) is 1. The lowest BCUT2D eigenvalue weighted by Crippen LogP contribution is -2.41. The van der Waals surface area contributed by atoms with Crippen LogP contribution in [0.2, 0.25) is 0 Å². The van der Waals surface area contributed by atoms with Gasteiger partial charge in [-0.2, -0.15) is 0 Å². The molecule has 0 fully saturated rings. The number of hydrogen-bond donors (Lipinski definition) is 0. The molecule has 0 N–H and O–H groups in total. The van der Waals surface area contributed by atoms with Gasteiger partial charge >= 0.3 is 0 Å². The van der Waals surface area contributed by atoms with E-state index in [1.165, 1.54) is 19.3 Å². The van der Waals surface area contributed by atoms with Gasteiger partial charge in [0.2, 0.25) is 0 Å². The Hall–Kier alpha value is 0.895. The highest BCUT2D eigenvalue weighted by Crippen LogP contribution is 2.34. The van der Waals surface area contributed by atoms with Gasteiger partial charge < -0.3 is 0 Å². The minimum atomic E-state index is -0.951. The highest BCUT2D eigenvalue weighted by atomic mass is 35.5. The van der Waals surface area contributed by atoms with Gasteiger partial charge in [0.25, 0.3) is 0 Å². The number of hydrogen-bond acceptors (Lipinski definition) is 1. The van der Waals surface area contributed by atoms with Crippen molar-refractivity contribution in [2.75, 3.05) is 14.1 Å². The summed E-state index contributed by atoms with van der Waals surface area (Å²) in [6.07, 6.45) is 5.65. The van der Waals surface area contributed by atoms with Crippen molar-refractivity contribution in [3.8, 4) is 0 Å². The monoisotopic (exact) mass is 270 g/mol. The first-order valence-electron chi connectivity index (χ1n) is 5.12. The zero-order chi connectivity index (χ0) is 11.2. The molecule has 0 aromatic rings. The molecule has 1 atom stereocenters. The van der Waals surface area contributed by atoms with Gasteiger partial charge in [-0.1, -0.05) is 55.8 Å². The molecule has 89 valence electrons. The van der Waals surface area contributed by atoms with Crippen LogP contribution in [0.4, 0.5) is 0 Å². The molecule has 0 aliphatic rings. The molecular formula is C10H20BCl3N. The predicted octanol–water partition coefficient (Wildman–Crippen LogP) is 3.88. The second-order valence-electron chi connectivity index (χ2n) is 3.80. The molecule has 0 spiro atoms.